The first-order chi connectivity index (χ1) is 12.7. The number of rotatable bonds is 3. The van der Waals surface area contributed by atoms with E-state index in [4.69, 9.17) is 23.2 Å². The van der Waals surface area contributed by atoms with E-state index >= 15 is 0 Å². The van der Waals surface area contributed by atoms with Crippen LogP contribution in [0.2, 0.25) is 10.0 Å². The Labute approximate surface area is 163 Å². The maximum absolute atomic E-state index is 6.58. The standard InChI is InChI=1S/C24H16Cl2/c25-23-15-19(17-7-3-1-4-8-17)11-13-21(23)22-14-12-20(16-24(22)26)18-9-5-2-6-10-18/h1-16H. The fourth-order valence-corrected chi connectivity index (χ4v) is 3.65. The Bertz CT molecular complexity index is 951. The normalized spacial score (nSPS) is 10.7. The van der Waals surface area contributed by atoms with Crippen LogP contribution >= 0.6 is 23.2 Å². The second-order valence-corrected chi connectivity index (χ2v) is 6.94. The van der Waals surface area contributed by atoms with Crippen LogP contribution in [0, 0.1) is 0 Å². The molecule has 0 aromatic heterocycles. The molecule has 0 nitrogen and oxygen atoms in total. The van der Waals surface area contributed by atoms with Crippen molar-refractivity contribution in [1.82, 2.24) is 0 Å². The Balaban J connectivity index is 1.72. The van der Waals surface area contributed by atoms with Crippen LogP contribution in [0.25, 0.3) is 33.4 Å². The largest absolute Gasteiger partial charge is 0.0836 e. The Morgan fingerprint density at radius 2 is 0.769 bits per heavy atom. The van der Waals surface area contributed by atoms with Crippen molar-refractivity contribution < 1.29 is 0 Å². The van der Waals surface area contributed by atoms with Gasteiger partial charge in [-0.15, -0.1) is 0 Å². The van der Waals surface area contributed by atoms with E-state index in [-0.39, 0.29) is 0 Å². The minimum absolute atomic E-state index is 0.695. The van der Waals surface area contributed by atoms with E-state index in [9.17, 15) is 0 Å². The fraction of sp³-hybridized carbons (Fsp3) is 0. The van der Waals surface area contributed by atoms with Crippen molar-refractivity contribution in [3.05, 3.63) is 107 Å². The van der Waals surface area contributed by atoms with Crippen LogP contribution in [0.5, 0.6) is 0 Å². The van der Waals surface area contributed by atoms with Gasteiger partial charge in [0.2, 0.25) is 0 Å². The number of halogens is 2. The van der Waals surface area contributed by atoms with Crippen molar-refractivity contribution in [3.8, 4) is 33.4 Å². The van der Waals surface area contributed by atoms with Crippen molar-refractivity contribution in [2.45, 2.75) is 0 Å². The number of hydrogen-bond donors (Lipinski definition) is 0. The van der Waals surface area contributed by atoms with Gasteiger partial charge in [0.1, 0.15) is 0 Å². The summed E-state index contributed by atoms with van der Waals surface area (Å²) in [5.74, 6) is 0. The summed E-state index contributed by atoms with van der Waals surface area (Å²) in [6, 6.07) is 32.6. The lowest BCUT2D eigenvalue weighted by molar-refractivity contribution is 1.57. The summed E-state index contributed by atoms with van der Waals surface area (Å²) in [6.07, 6.45) is 0. The zero-order valence-electron chi connectivity index (χ0n) is 14.0. The molecule has 0 saturated heterocycles. The second kappa shape index (κ2) is 7.37. The Morgan fingerprint density at radius 1 is 0.385 bits per heavy atom. The Morgan fingerprint density at radius 3 is 1.12 bits per heavy atom. The lowest BCUT2D eigenvalue weighted by Gasteiger charge is -2.11. The van der Waals surface area contributed by atoms with Gasteiger partial charge < -0.3 is 0 Å². The summed E-state index contributed by atoms with van der Waals surface area (Å²) < 4.78 is 0. The average Bonchev–Trinajstić information content (AvgIpc) is 2.69. The molecule has 0 unspecified atom stereocenters. The minimum Gasteiger partial charge on any atom is -0.0836 e. The van der Waals surface area contributed by atoms with E-state index in [1.54, 1.807) is 0 Å². The molecule has 0 heterocycles. The number of benzene rings is 4. The summed E-state index contributed by atoms with van der Waals surface area (Å²) in [5, 5.41) is 1.39. The smallest absolute Gasteiger partial charge is 0.0491 e. The van der Waals surface area contributed by atoms with E-state index in [1.807, 2.05) is 60.7 Å². The first-order valence-electron chi connectivity index (χ1n) is 8.43. The molecule has 0 aliphatic heterocycles. The summed E-state index contributed by atoms with van der Waals surface area (Å²) >= 11 is 13.2. The topological polar surface area (TPSA) is 0 Å². The van der Waals surface area contributed by atoms with Crippen molar-refractivity contribution >= 4 is 23.2 Å². The third-order valence-corrected chi connectivity index (χ3v) is 5.07. The predicted octanol–water partition coefficient (Wildman–Crippen LogP) is 7.99. The van der Waals surface area contributed by atoms with Gasteiger partial charge in [-0.2, -0.15) is 0 Å². The molecule has 0 atom stereocenters. The van der Waals surface area contributed by atoms with E-state index in [2.05, 4.69) is 36.4 Å². The van der Waals surface area contributed by atoms with Crippen LogP contribution in [-0.4, -0.2) is 0 Å². The Kier molecular flexibility index (Phi) is 4.79. The van der Waals surface area contributed by atoms with E-state index < -0.39 is 0 Å². The lowest BCUT2D eigenvalue weighted by atomic mass is 9.98. The van der Waals surface area contributed by atoms with Gasteiger partial charge in [0, 0.05) is 21.2 Å². The van der Waals surface area contributed by atoms with Crippen LogP contribution in [0.1, 0.15) is 0 Å². The second-order valence-electron chi connectivity index (χ2n) is 6.12. The van der Waals surface area contributed by atoms with Crippen LogP contribution in [0.4, 0.5) is 0 Å². The van der Waals surface area contributed by atoms with Gasteiger partial charge in [-0.1, -0.05) is 108 Å². The fourth-order valence-electron chi connectivity index (χ4n) is 3.09. The minimum atomic E-state index is 0.695. The maximum Gasteiger partial charge on any atom is 0.0491 e. The highest BCUT2D eigenvalue weighted by atomic mass is 35.5. The summed E-state index contributed by atoms with van der Waals surface area (Å²) in [4.78, 5) is 0. The zero-order chi connectivity index (χ0) is 17.9. The summed E-state index contributed by atoms with van der Waals surface area (Å²) in [6.45, 7) is 0. The summed E-state index contributed by atoms with van der Waals surface area (Å²) in [7, 11) is 0. The first kappa shape index (κ1) is 16.9. The molecule has 0 aliphatic rings. The van der Waals surface area contributed by atoms with Crippen LogP contribution in [0.15, 0.2) is 97.1 Å². The van der Waals surface area contributed by atoms with Crippen LogP contribution in [-0.2, 0) is 0 Å². The molecule has 26 heavy (non-hydrogen) atoms. The van der Waals surface area contributed by atoms with Crippen molar-refractivity contribution in [2.24, 2.45) is 0 Å². The molecule has 0 aliphatic carbocycles. The van der Waals surface area contributed by atoms with Gasteiger partial charge in [0.25, 0.3) is 0 Å². The maximum atomic E-state index is 6.58. The van der Waals surface area contributed by atoms with Crippen molar-refractivity contribution in [1.29, 1.82) is 0 Å². The molecule has 0 bridgehead atoms. The molecule has 0 spiro atoms. The molecule has 4 aromatic carbocycles. The van der Waals surface area contributed by atoms with Crippen molar-refractivity contribution in [2.75, 3.05) is 0 Å². The lowest BCUT2D eigenvalue weighted by Crippen LogP contribution is -1.85. The zero-order valence-corrected chi connectivity index (χ0v) is 15.5. The molecule has 0 amide bonds. The van der Waals surface area contributed by atoms with Crippen LogP contribution in [0.3, 0.4) is 0 Å². The van der Waals surface area contributed by atoms with E-state index in [0.717, 1.165) is 33.4 Å². The van der Waals surface area contributed by atoms with Gasteiger partial charge in [-0.05, 0) is 34.4 Å². The molecular weight excluding hydrogens is 359 g/mol. The average molecular weight is 375 g/mol. The highest BCUT2D eigenvalue weighted by Crippen LogP contribution is 2.37. The third-order valence-electron chi connectivity index (χ3n) is 4.44. The quantitative estimate of drug-likeness (QED) is 0.340. The highest BCUT2D eigenvalue weighted by molar-refractivity contribution is 6.36. The predicted molar refractivity (Wildman–Crippen MR) is 113 cm³/mol. The summed E-state index contributed by atoms with van der Waals surface area (Å²) in [5.41, 5.74) is 6.36. The molecule has 0 fully saturated rings. The third kappa shape index (κ3) is 3.39. The molecule has 0 saturated carbocycles. The van der Waals surface area contributed by atoms with E-state index in [1.165, 1.54) is 0 Å². The number of hydrogen-bond acceptors (Lipinski definition) is 0. The van der Waals surface area contributed by atoms with Gasteiger partial charge in [-0.25, -0.2) is 0 Å². The molecule has 0 N–H and O–H groups in total. The van der Waals surface area contributed by atoms with Gasteiger partial charge in [-0.3, -0.25) is 0 Å². The SMILES string of the molecule is Clc1cc(-c2ccccc2)ccc1-c1ccc(-c2ccccc2)cc1Cl. The Hall–Kier alpha value is -2.54. The molecule has 2 heteroatoms. The van der Waals surface area contributed by atoms with Crippen LogP contribution < -0.4 is 0 Å². The monoisotopic (exact) mass is 374 g/mol. The first-order valence-corrected chi connectivity index (χ1v) is 9.18. The molecular formula is C24H16Cl2. The highest BCUT2D eigenvalue weighted by Gasteiger charge is 2.10. The molecule has 4 aromatic rings. The van der Waals surface area contributed by atoms with Gasteiger partial charge in [0.05, 0.1) is 0 Å². The van der Waals surface area contributed by atoms with Gasteiger partial charge >= 0.3 is 0 Å². The van der Waals surface area contributed by atoms with E-state index in [0.29, 0.717) is 10.0 Å². The van der Waals surface area contributed by atoms with Gasteiger partial charge in [0.15, 0.2) is 0 Å². The van der Waals surface area contributed by atoms with Crippen molar-refractivity contribution in [3.63, 3.8) is 0 Å². The molecule has 126 valence electrons. The molecule has 4 rings (SSSR count). The molecule has 0 radical (unpaired) electrons.